The largest absolute Gasteiger partial charge is 0.324 e. The van der Waals surface area contributed by atoms with Crippen LogP contribution in [0.1, 0.15) is 25.6 Å². The van der Waals surface area contributed by atoms with Crippen molar-refractivity contribution in [1.29, 1.82) is 0 Å². The number of halogens is 1. The first-order valence-electron chi connectivity index (χ1n) is 7.73. The molecular weight excluding hydrogens is 335 g/mol. The van der Waals surface area contributed by atoms with Gasteiger partial charge in [-0.2, -0.15) is 9.29 Å². The predicted octanol–water partition coefficient (Wildman–Crippen LogP) is 1.84. The molecule has 1 aromatic heterocycles. The third-order valence-electron chi connectivity index (χ3n) is 3.91. The van der Waals surface area contributed by atoms with Gasteiger partial charge in [-0.25, -0.2) is 12.8 Å². The highest BCUT2D eigenvalue weighted by Crippen LogP contribution is 2.22. The lowest BCUT2D eigenvalue weighted by Crippen LogP contribution is -2.49. The van der Waals surface area contributed by atoms with Crippen LogP contribution < -0.4 is 4.90 Å². The Kier molecular flexibility index (Phi) is 4.55. The maximum atomic E-state index is 13.8. The zero-order chi connectivity index (χ0) is 17.3. The Hall–Kier alpha value is -2.00. The molecule has 1 aliphatic heterocycles. The van der Waals surface area contributed by atoms with Crippen LogP contribution in [0.25, 0.3) is 0 Å². The number of piperazine rings is 1. The Morgan fingerprint density at radius 1 is 1.17 bits per heavy atom. The minimum Gasteiger partial charge on any atom is -0.322 e. The van der Waals surface area contributed by atoms with Crippen LogP contribution in [0.15, 0.2) is 33.7 Å². The maximum absolute atomic E-state index is 13.8. The van der Waals surface area contributed by atoms with Gasteiger partial charge in [0.1, 0.15) is 10.7 Å². The van der Waals surface area contributed by atoms with Gasteiger partial charge in [-0.05, 0) is 12.1 Å². The van der Waals surface area contributed by atoms with E-state index in [9.17, 15) is 12.8 Å². The van der Waals surface area contributed by atoms with Crippen LogP contribution in [0, 0.1) is 5.82 Å². The van der Waals surface area contributed by atoms with Crippen molar-refractivity contribution in [2.45, 2.75) is 24.7 Å². The van der Waals surface area contributed by atoms with Crippen molar-refractivity contribution in [3.05, 3.63) is 35.9 Å². The van der Waals surface area contributed by atoms with Gasteiger partial charge in [0.2, 0.25) is 10.0 Å². The first-order chi connectivity index (χ1) is 11.4. The standard InChI is InChI=1S/C15H19FN4O3S/c1-11(2)14-17-15(23-18-14)19-7-9-20(10-8-19)24(21,22)13-6-4-3-5-12(13)16/h3-6,11H,7-10H2,1-2H3. The molecule has 7 nitrogen and oxygen atoms in total. The Labute approximate surface area is 140 Å². The minimum absolute atomic E-state index is 0.158. The minimum atomic E-state index is -3.84. The van der Waals surface area contributed by atoms with E-state index in [2.05, 4.69) is 10.1 Å². The molecule has 1 aromatic carbocycles. The molecule has 0 N–H and O–H groups in total. The lowest BCUT2D eigenvalue weighted by atomic mass is 10.2. The smallest absolute Gasteiger partial charge is 0.322 e. The van der Waals surface area contributed by atoms with Crippen LogP contribution in [-0.4, -0.2) is 49.0 Å². The molecule has 0 aliphatic carbocycles. The second-order valence-electron chi connectivity index (χ2n) is 5.91. The monoisotopic (exact) mass is 354 g/mol. The predicted molar refractivity (Wildman–Crippen MR) is 85.8 cm³/mol. The summed E-state index contributed by atoms with van der Waals surface area (Å²) in [6, 6.07) is 5.80. The van der Waals surface area contributed by atoms with Crippen molar-refractivity contribution >= 4 is 16.0 Å². The Balaban J connectivity index is 1.71. The fourth-order valence-corrected chi connectivity index (χ4v) is 3.99. The molecule has 9 heteroatoms. The van der Waals surface area contributed by atoms with E-state index in [1.54, 1.807) is 0 Å². The zero-order valence-electron chi connectivity index (χ0n) is 13.5. The van der Waals surface area contributed by atoms with E-state index in [0.29, 0.717) is 24.9 Å². The summed E-state index contributed by atoms with van der Waals surface area (Å²) in [5.74, 6) is 0.0371. The second kappa shape index (κ2) is 6.48. The number of anilines is 1. The fourth-order valence-electron chi connectivity index (χ4n) is 2.50. The van der Waals surface area contributed by atoms with Crippen molar-refractivity contribution < 1.29 is 17.3 Å². The molecule has 1 fully saturated rings. The molecule has 3 rings (SSSR count). The van der Waals surface area contributed by atoms with Crippen LogP contribution in [0.5, 0.6) is 0 Å². The molecule has 0 bridgehead atoms. The first kappa shape index (κ1) is 16.8. The molecule has 2 heterocycles. The van der Waals surface area contributed by atoms with Gasteiger partial charge in [0, 0.05) is 32.1 Å². The van der Waals surface area contributed by atoms with Gasteiger partial charge in [0.15, 0.2) is 5.82 Å². The highest BCUT2D eigenvalue weighted by atomic mass is 32.2. The molecule has 0 amide bonds. The average molecular weight is 354 g/mol. The van der Waals surface area contributed by atoms with E-state index < -0.39 is 15.8 Å². The van der Waals surface area contributed by atoms with Gasteiger partial charge in [-0.1, -0.05) is 31.1 Å². The SMILES string of the molecule is CC(C)c1noc(N2CCN(S(=O)(=O)c3ccccc3F)CC2)n1. The van der Waals surface area contributed by atoms with E-state index in [0.717, 1.165) is 6.07 Å². The molecule has 1 aliphatic rings. The summed E-state index contributed by atoms with van der Waals surface area (Å²) in [5.41, 5.74) is 0. The van der Waals surface area contributed by atoms with Crippen LogP contribution in [-0.2, 0) is 10.0 Å². The lowest BCUT2D eigenvalue weighted by molar-refractivity contribution is 0.351. The number of rotatable bonds is 4. The van der Waals surface area contributed by atoms with Gasteiger partial charge >= 0.3 is 6.01 Å². The molecule has 1 saturated heterocycles. The summed E-state index contributed by atoms with van der Waals surface area (Å²) in [5, 5.41) is 3.91. The van der Waals surface area contributed by atoms with E-state index in [1.165, 1.54) is 22.5 Å². The average Bonchev–Trinajstić information content (AvgIpc) is 3.05. The summed E-state index contributed by atoms with van der Waals surface area (Å²) in [6.45, 7) is 5.22. The highest BCUT2D eigenvalue weighted by molar-refractivity contribution is 7.89. The van der Waals surface area contributed by atoms with Crippen molar-refractivity contribution in [3.8, 4) is 0 Å². The highest BCUT2D eigenvalue weighted by Gasteiger charge is 2.31. The van der Waals surface area contributed by atoms with Crippen LogP contribution in [0.3, 0.4) is 0 Å². The number of hydrogen-bond donors (Lipinski definition) is 0. The molecule has 2 aromatic rings. The van der Waals surface area contributed by atoms with E-state index in [-0.39, 0.29) is 23.9 Å². The number of benzene rings is 1. The molecular formula is C15H19FN4O3S. The molecule has 0 atom stereocenters. The van der Waals surface area contributed by atoms with Gasteiger partial charge in [0.25, 0.3) is 0 Å². The van der Waals surface area contributed by atoms with Crippen molar-refractivity contribution in [2.75, 3.05) is 31.1 Å². The Bertz CT molecular complexity index is 814. The van der Waals surface area contributed by atoms with Crippen LogP contribution in [0.4, 0.5) is 10.4 Å². The van der Waals surface area contributed by atoms with E-state index in [1.807, 2.05) is 18.7 Å². The van der Waals surface area contributed by atoms with E-state index >= 15 is 0 Å². The molecule has 0 unspecified atom stereocenters. The summed E-state index contributed by atoms with van der Waals surface area (Å²) in [7, 11) is -3.84. The quantitative estimate of drug-likeness (QED) is 0.834. The maximum Gasteiger partial charge on any atom is 0.324 e. The third-order valence-corrected chi connectivity index (χ3v) is 5.84. The lowest BCUT2D eigenvalue weighted by Gasteiger charge is -2.32. The van der Waals surface area contributed by atoms with Crippen molar-refractivity contribution in [3.63, 3.8) is 0 Å². The Morgan fingerprint density at radius 2 is 1.83 bits per heavy atom. The normalized spacial score (nSPS) is 16.8. The first-order valence-corrected chi connectivity index (χ1v) is 9.17. The topological polar surface area (TPSA) is 79.5 Å². The molecule has 130 valence electrons. The third kappa shape index (κ3) is 3.13. The number of sulfonamides is 1. The molecule has 0 spiro atoms. The summed E-state index contributed by atoms with van der Waals surface area (Å²) < 4.78 is 45.4. The van der Waals surface area contributed by atoms with Crippen molar-refractivity contribution in [2.24, 2.45) is 0 Å². The van der Waals surface area contributed by atoms with Crippen LogP contribution in [0.2, 0.25) is 0 Å². The van der Waals surface area contributed by atoms with Crippen LogP contribution >= 0.6 is 0 Å². The number of aromatic nitrogens is 2. The summed E-state index contributed by atoms with van der Waals surface area (Å²) in [4.78, 5) is 5.86. The number of nitrogens with zero attached hydrogens (tertiary/aromatic N) is 4. The second-order valence-corrected chi connectivity index (χ2v) is 7.82. The molecule has 0 saturated carbocycles. The summed E-state index contributed by atoms with van der Waals surface area (Å²) >= 11 is 0. The van der Waals surface area contributed by atoms with Gasteiger partial charge < -0.3 is 9.42 Å². The molecule has 24 heavy (non-hydrogen) atoms. The summed E-state index contributed by atoms with van der Waals surface area (Å²) in [6.07, 6.45) is 0. The number of hydrogen-bond acceptors (Lipinski definition) is 6. The fraction of sp³-hybridized carbons (Fsp3) is 0.467. The zero-order valence-corrected chi connectivity index (χ0v) is 14.3. The van der Waals surface area contributed by atoms with Gasteiger partial charge in [-0.15, -0.1) is 0 Å². The Morgan fingerprint density at radius 3 is 2.42 bits per heavy atom. The van der Waals surface area contributed by atoms with Crippen molar-refractivity contribution in [1.82, 2.24) is 14.4 Å². The van der Waals surface area contributed by atoms with E-state index in [4.69, 9.17) is 4.52 Å². The van der Waals surface area contributed by atoms with Gasteiger partial charge in [-0.3, -0.25) is 0 Å². The van der Waals surface area contributed by atoms with Gasteiger partial charge in [0.05, 0.1) is 0 Å². The molecule has 0 radical (unpaired) electrons.